The van der Waals surface area contributed by atoms with Crippen LogP contribution in [0.25, 0.3) is 0 Å². The van der Waals surface area contributed by atoms with Gasteiger partial charge in [-0.15, -0.1) is 11.3 Å². The molecule has 0 saturated carbocycles. The SMILES string of the molecule is Cc1csc(NC(=O)c2ncccc2C#CCCO)n1. The van der Waals surface area contributed by atoms with Crippen molar-refractivity contribution in [2.75, 3.05) is 11.9 Å². The summed E-state index contributed by atoms with van der Waals surface area (Å²) in [5.74, 6) is 5.28. The molecule has 2 aromatic heterocycles. The van der Waals surface area contributed by atoms with Crippen LogP contribution >= 0.6 is 11.3 Å². The van der Waals surface area contributed by atoms with E-state index >= 15 is 0 Å². The first-order valence-corrected chi connectivity index (χ1v) is 6.87. The topological polar surface area (TPSA) is 75.1 Å². The Labute approximate surface area is 120 Å². The molecular formula is C14H13N3O2S. The van der Waals surface area contributed by atoms with Gasteiger partial charge in [-0.2, -0.15) is 0 Å². The number of nitrogens with zero attached hydrogens (tertiary/aromatic N) is 2. The highest BCUT2D eigenvalue weighted by Crippen LogP contribution is 2.16. The highest BCUT2D eigenvalue weighted by molar-refractivity contribution is 7.13. The normalized spacial score (nSPS) is 9.70. The Kier molecular flexibility index (Phi) is 4.82. The summed E-state index contributed by atoms with van der Waals surface area (Å²) in [7, 11) is 0. The lowest BCUT2D eigenvalue weighted by Crippen LogP contribution is -2.15. The number of aromatic nitrogens is 2. The number of carbonyl (C=O) groups excluding carboxylic acids is 1. The molecule has 0 radical (unpaired) electrons. The Bertz CT molecular complexity index is 670. The molecule has 0 aliphatic heterocycles. The van der Waals surface area contributed by atoms with Gasteiger partial charge in [0.05, 0.1) is 17.9 Å². The van der Waals surface area contributed by atoms with Crippen LogP contribution in [0.3, 0.4) is 0 Å². The van der Waals surface area contributed by atoms with E-state index in [2.05, 4.69) is 27.1 Å². The lowest BCUT2D eigenvalue weighted by Gasteiger charge is -2.02. The maximum absolute atomic E-state index is 12.2. The average molecular weight is 287 g/mol. The van der Waals surface area contributed by atoms with Crippen molar-refractivity contribution in [3.63, 3.8) is 0 Å². The summed E-state index contributed by atoms with van der Waals surface area (Å²) in [5, 5.41) is 13.8. The average Bonchev–Trinajstić information content (AvgIpc) is 2.85. The Morgan fingerprint density at radius 2 is 2.40 bits per heavy atom. The van der Waals surface area contributed by atoms with Gasteiger partial charge in [0.1, 0.15) is 5.69 Å². The third-order valence-corrected chi connectivity index (χ3v) is 3.20. The molecule has 2 N–H and O–H groups in total. The molecule has 102 valence electrons. The zero-order valence-corrected chi connectivity index (χ0v) is 11.7. The molecule has 0 spiro atoms. The van der Waals surface area contributed by atoms with Crippen LogP contribution in [0.2, 0.25) is 0 Å². The van der Waals surface area contributed by atoms with E-state index in [4.69, 9.17) is 5.11 Å². The number of hydrogen-bond acceptors (Lipinski definition) is 5. The third-order valence-electron chi connectivity index (χ3n) is 2.32. The highest BCUT2D eigenvalue weighted by atomic mass is 32.1. The highest BCUT2D eigenvalue weighted by Gasteiger charge is 2.13. The number of aliphatic hydroxyl groups is 1. The minimum Gasteiger partial charge on any atom is -0.395 e. The molecule has 5 nitrogen and oxygen atoms in total. The van der Waals surface area contributed by atoms with Gasteiger partial charge in [-0.05, 0) is 19.1 Å². The first-order chi connectivity index (χ1) is 9.70. The van der Waals surface area contributed by atoms with Gasteiger partial charge in [0.15, 0.2) is 5.13 Å². The van der Waals surface area contributed by atoms with Crippen LogP contribution in [-0.2, 0) is 0 Å². The summed E-state index contributed by atoms with van der Waals surface area (Å²) in [5.41, 5.74) is 1.65. The number of carbonyl (C=O) groups is 1. The van der Waals surface area contributed by atoms with Crippen molar-refractivity contribution in [1.82, 2.24) is 9.97 Å². The molecule has 1 amide bonds. The molecule has 0 saturated heterocycles. The summed E-state index contributed by atoms with van der Waals surface area (Å²) in [4.78, 5) is 20.4. The molecule has 0 aromatic carbocycles. The molecule has 0 fully saturated rings. The molecule has 0 atom stereocenters. The lowest BCUT2D eigenvalue weighted by molar-refractivity contribution is 0.102. The molecule has 2 heterocycles. The number of pyridine rings is 1. The van der Waals surface area contributed by atoms with Crippen molar-refractivity contribution in [3.8, 4) is 11.8 Å². The molecule has 0 bridgehead atoms. The summed E-state index contributed by atoms with van der Waals surface area (Å²) < 4.78 is 0. The second kappa shape index (κ2) is 6.80. The number of hydrogen-bond donors (Lipinski definition) is 2. The smallest absolute Gasteiger partial charge is 0.277 e. The molecule has 0 aliphatic rings. The van der Waals surface area contributed by atoms with Crippen LogP contribution < -0.4 is 5.32 Å². The number of thiazole rings is 1. The van der Waals surface area contributed by atoms with Gasteiger partial charge >= 0.3 is 0 Å². The van der Waals surface area contributed by atoms with Gasteiger partial charge in [0.2, 0.25) is 0 Å². The first-order valence-electron chi connectivity index (χ1n) is 5.99. The Hall–Kier alpha value is -2.23. The van der Waals surface area contributed by atoms with Crippen LogP contribution in [0.1, 0.15) is 28.2 Å². The summed E-state index contributed by atoms with van der Waals surface area (Å²) >= 11 is 1.36. The van der Waals surface area contributed by atoms with Crippen LogP contribution in [0.4, 0.5) is 5.13 Å². The number of amides is 1. The molecule has 2 aromatic rings. The van der Waals surface area contributed by atoms with E-state index in [1.54, 1.807) is 18.3 Å². The van der Waals surface area contributed by atoms with Crippen LogP contribution in [0.5, 0.6) is 0 Å². The van der Waals surface area contributed by atoms with Crippen molar-refractivity contribution in [1.29, 1.82) is 0 Å². The fourth-order valence-electron chi connectivity index (χ4n) is 1.47. The van der Waals surface area contributed by atoms with E-state index in [-0.39, 0.29) is 18.2 Å². The van der Waals surface area contributed by atoms with Crippen molar-refractivity contribution in [3.05, 3.63) is 40.7 Å². The maximum atomic E-state index is 12.2. The largest absolute Gasteiger partial charge is 0.395 e. The van der Waals surface area contributed by atoms with E-state index in [1.165, 1.54) is 11.3 Å². The molecular weight excluding hydrogens is 274 g/mol. The van der Waals surface area contributed by atoms with E-state index in [0.717, 1.165) is 5.69 Å². The fourth-order valence-corrected chi connectivity index (χ4v) is 2.15. The van der Waals surface area contributed by atoms with Gasteiger partial charge in [-0.1, -0.05) is 11.8 Å². The zero-order valence-electron chi connectivity index (χ0n) is 10.9. The van der Waals surface area contributed by atoms with Gasteiger partial charge in [0, 0.05) is 18.0 Å². The molecule has 2 rings (SSSR count). The zero-order chi connectivity index (χ0) is 14.4. The van der Waals surface area contributed by atoms with E-state index in [1.807, 2.05) is 12.3 Å². The fraction of sp³-hybridized carbons (Fsp3) is 0.214. The summed E-state index contributed by atoms with van der Waals surface area (Å²) in [6.45, 7) is 1.85. The van der Waals surface area contributed by atoms with Gasteiger partial charge in [-0.3, -0.25) is 10.1 Å². The van der Waals surface area contributed by atoms with E-state index < -0.39 is 0 Å². The second-order valence-corrected chi connectivity index (χ2v) is 4.78. The van der Waals surface area contributed by atoms with Gasteiger partial charge in [-0.25, -0.2) is 9.97 Å². The monoisotopic (exact) mass is 287 g/mol. The lowest BCUT2D eigenvalue weighted by atomic mass is 10.2. The molecule has 6 heteroatoms. The second-order valence-electron chi connectivity index (χ2n) is 3.92. The Morgan fingerprint density at radius 1 is 1.55 bits per heavy atom. The van der Waals surface area contributed by atoms with Crippen molar-refractivity contribution in [2.45, 2.75) is 13.3 Å². The predicted molar refractivity (Wildman–Crippen MR) is 77.6 cm³/mol. The van der Waals surface area contributed by atoms with Crippen molar-refractivity contribution < 1.29 is 9.90 Å². The van der Waals surface area contributed by atoms with E-state index in [0.29, 0.717) is 17.1 Å². The standard InChI is InChI=1S/C14H13N3O2S/c1-10-9-20-14(16-10)17-13(19)12-11(5-2-3-8-18)6-4-7-15-12/h4,6-7,9,18H,3,8H2,1H3,(H,16,17,19). The molecule has 0 unspecified atom stereocenters. The van der Waals surface area contributed by atoms with Gasteiger partial charge in [0.25, 0.3) is 5.91 Å². The van der Waals surface area contributed by atoms with Crippen LogP contribution in [0.15, 0.2) is 23.7 Å². The number of nitrogens with one attached hydrogen (secondary N) is 1. The van der Waals surface area contributed by atoms with Crippen LogP contribution in [-0.4, -0.2) is 27.6 Å². The molecule has 0 aliphatic carbocycles. The number of aliphatic hydroxyl groups excluding tert-OH is 1. The Balaban J connectivity index is 2.19. The minimum absolute atomic E-state index is 0.00676. The van der Waals surface area contributed by atoms with E-state index in [9.17, 15) is 4.79 Å². The number of rotatable bonds is 3. The van der Waals surface area contributed by atoms with Crippen molar-refractivity contribution in [2.24, 2.45) is 0 Å². The van der Waals surface area contributed by atoms with Crippen molar-refractivity contribution >= 4 is 22.4 Å². The summed E-state index contributed by atoms with van der Waals surface area (Å²) in [6, 6.07) is 3.44. The summed E-state index contributed by atoms with van der Waals surface area (Å²) in [6.07, 6.45) is 1.90. The number of anilines is 1. The van der Waals surface area contributed by atoms with Gasteiger partial charge < -0.3 is 5.11 Å². The maximum Gasteiger partial charge on any atom is 0.277 e. The quantitative estimate of drug-likeness (QED) is 0.845. The van der Waals surface area contributed by atoms with Crippen LogP contribution in [0, 0.1) is 18.8 Å². The predicted octanol–water partition coefficient (Wildman–Crippen LogP) is 1.83. The minimum atomic E-state index is -0.340. The third kappa shape index (κ3) is 3.63. The Morgan fingerprint density at radius 3 is 3.10 bits per heavy atom. The first kappa shape index (κ1) is 14.2. The number of aryl methyl sites for hydroxylation is 1. The molecule has 20 heavy (non-hydrogen) atoms.